The molecule has 1 N–H and O–H groups in total. The zero-order valence-electron chi connectivity index (χ0n) is 12.7. The van der Waals surface area contributed by atoms with Crippen molar-refractivity contribution in [2.45, 2.75) is 81.3 Å². The Labute approximate surface area is 129 Å². The van der Waals surface area contributed by atoms with Crippen LogP contribution in [0.4, 0.5) is 4.39 Å². The number of hydrogen-bond donors (Lipinski definition) is 1. The maximum Gasteiger partial charge on any atom is 0.260 e. The fourth-order valence-corrected chi connectivity index (χ4v) is 3.80. The molecule has 4 aliphatic rings. The van der Waals surface area contributed by atoms with Crippen LogP contribution in [0.3, 0.4) is 0 Å². The average Bonchev–Trinajstić information content (AvgIpc) is 3.09. The van der Waals surface area contributed by atoms with Crippen molar-refractivity contribution in [1.82, 2.24) is 10.2 Å². The predicted molar refractivity (Wildman–Crippen MR) is 76.9 cm³/mol. The van der Waals surface area contributed by atoms with E-state index in [1.807, 2.05) is 0 Å². The third kappa shape index (κ3) is 2.41. The Morgan fingerprint density at radius 3 is 2.55 bits per heavy atom. The zero-order valence-corrected chi connectivity index (χ0v) is 12.7. The van der Waals surface area contributed by atoms with Crippen molar-refractivity contribution >= 4 is 11.8 Å². The summed E-state index contributed by atoms with van der Waals surface area (Å²) in [4.78, 5) is 26.1. The molecule has 4 fully saturated rings. The van der Waals surface area contributed by atoms with Gasteiger partial charge in [-0.15, -0.1) is 0 Å². The summed E-state index contributed by atoms with van der Waals surface area (Å²) in [5.41, 5.74) is -1.60. The van der Waals surface area contributed by atoms with Gasteiger partial charge in [0.25, 0.3) is 5.91 Å². The molecule has 6 heteroatoms. The van der Waals surface area contributed by atoms with Gasteiger partial charge in [-0.1, -0.05) is 0 Å². The van der Waals surface area contributed by atoms with Crippen molar-refractivity contribution in [1.29, 1.82) is 0 Å². The molecule has 3 atom stereocenters. The number of amides is 2. The maximum absolute atomic E-state index is 14.0. The van der Waals surface area contributed by atoms with Gasteiger partial charge in [-0.05, 0) is 51.4 Å². The van der Waals surface area contributed by atoms with Crippen LogP contribution in [0.25, 0.3) is 0 Å². The lowest BCUT2D eigenvalue weighted by Gasteiger charge is -2.37. The van der Waals surface area contributed by atoms with Crippen LogP contribution >= 0.6 is 0 Å². The summed E-state index contributed by atoms with van der Waals surface area (Å²) < 4.78 is 19.9. The third-order valence-corrected chi connectivity index (χ3v) is 5.62. The van der Waals surface area contributed by atoms with Crippen LogP contribution in [0.15, 0.2) is 0 Å². The highest BCUT2D eigenvalue weighted by atomic mass is 19.1. The van der Waals surface area contributed by atoms with E-state index in [0.29, 0.717) is 38.3 Å². The van der Waals surface area contributed by atoms with Gasteiger partial charge in [0.15, 0.2) is 5.67 Å². The first-order valence-corrected chi connectivity index (χ1v) is 8.53. The Morgan fingerprint density at radius 2 is 1.91 bits per heavy atom. The van der Waals surface area contributed by atoms with Crippen molar-refractivity contribution in [2.75, 3.05) is 6.54 Å². The lowest BCUT2D eigenvalue weighted by molar-refractivity contribution is -0.150. The number of fused-ring (bicyclic) bond motifs is 1. The largest absolute Gasteiger partial charge is 0.363 e. The number of carbonyl (C=O) groups is 2. The summed E-state index contributed by atoms with van der Waals surface area (Å²) in [5, 5.41) is 3.03. The van der Waals surface area contributed by atoms with E-state index in [0.717, 1.165) is 19.3 Å². The van der Waals surface area contributed by atoms with E-state index in [1.165, 1.54) is 6.42 Å². The standard InChI is InChI=1S/C16H23FN2O3/c17-16(7-8-16)15(21)19-9-6-12-11(19)4-5-13(22-12)14(20)18-10-2-1-3-10/h10-13H,1-9H2,(H,18,20)/t11-,12-,13+/m1/s1. The molecule has 122 valence electrons. The van der Waals surface area contributed by atoms with Gasteiger partial charge in [0.05, 0.1) is 12.1 Å². The number of halogens is 1. The van der Waals surface area contributed by atoms with E-state index < -0.39 is 11.8 Å². The van der Waals surface area contributed by atoms with E-state index in [9.17, 15) is 14.0 Å². The number of carbonyl (C=O) groups excluding carboxylic acids is 2. The first-order chi connectivity index (χ1) is 10.6. The monoisotopic (exact) mass is 310 g/mol. The Morgan fingerprint density at radius 1 is 1.14 bits per heavy atom. The van der Waals surface area contributed by atoms with Crippen molar-refractivity contribution < 1.29 is 18.7 Å². The van der Waals surface area contributed by atoms with E-state index in [2.05, 4.69) is 5.32 Å². The highest BCUT2D eigenvalue weighted by Crippen LogP contribution is 2.44. The Hall–Kier alpha value is -1.17. The Balaban J connectivity index is 1.35. The van der Waals surface area contributed by atoms with Gasteiger partial charge < -0.3 is 15.0 Å². The summed E-state index contributed by atoms with van der Waals surface area (Å²) in [6, 6.07) is 0.269. The number of likely N-dealkylation sites (tertiary alicyclic amines) is 1. The molecule has 2 saturated carbocycles. The number of alkyl halides is 1. The van der Waals surface area contributed by atoms with Crippen LogP contribution < -0.4 is 5.32 Å². The topological polar surface area (TPSA) is 58.6 Å². The van der Waals surface area contributed by atoms with Gasteiger partial charge in [-0.3, -0.25) is 9.59 Å². The van der Waals surface area contributed by atoms with E-state index >= 15 is 0 Å². The van der Waals surface area contributed by atoms with Gasteiger partial charge in [-0.2, -0.15) is 0 Å². The Kier molecular flexibility index (Phi) is 3.40. The molecule has 2 aliphatic carbocycles. The highest BCUT2D eigenvalue weighted by Gasteiger charge is 2.56. The number of hydrogen-bond acceptors (Lipinski definition) is 3. The molecular formula is C16H23FN2O3. The quantitative estimate of drug-likeness (QED) is 0.855. The van der Waals surface area contributed by atoms with Gasteiger partial charge in [-0.25, -0.2) is 4.39 Å². The minimum atomic E-state index is -1.60. The summed E-state index contributed by atoms with van der Waals surface area (Å²) >= 11 is 0. The summed E-state index contributed by atoms with van der Waals surface area (Å²) in [5.74, 6) is -0.377. The molecule has 2 aliphatic heterocycles. The van der Waals surface area contributed by atoms with Crippen LogP contribution in [0, 0.1) is 0 Å². The Bertz CT molecular complexity index is 490. The summed E-state index contributed by atoms with van der Waals surface area (Å²) in [6.07, 6.45) is 5.55. The second-order valence-corrected chi connectivity index (χ2v) is 7.20. The molecule has 0 aromatic carbocycles. The number of nitrogens with one attached hydrogen (secondary N) is 1. The summed E-state index contributed by atoms with van der Waals surface area (Å²) in [6.45, 7) is 0.552. The smallest absolute Gasteiger partial charge is 0.260 e. The van der Waals surface area contributed by atoms with Crippen LogP contribution in [-0.2, 0) is 14.3 Å². The van der Waals surface area contributed by atoms with Crippen LogP contribution in [0.2, 0.25) is 0 Å². The summed E-state index contributed by atoms with van der Waals surface area (Å²) in [7, 11) is 0. The lowest BCUT2D eigenvalue weighted by Crippen LogP contribution is -2.52. The fourth-order valence-electron chi connectivity index (χ4n) is 3.80. The van der Waals surface area contributed by atoms with Crippen molar-refractivity contribution in [3.05, 3.63) is 0 Å². The van der Waals surface area contributed by atoms with E-state index in [1.54, 1.807) is 4.90 Å². The number of rotatable bonds is 3. The van der Waals surface area contributed by atoms with Gasteiger partial charge in [0, 0.05) is 12.6 Å². The molecule has 0 aromatic rings. The van der Waals surface area contributed by atoms with E-state index in [-0.39, 0.29) is 24.0 Å². The van der Waals surface area contributed by atoms with Crippen LogP contribution in [0.1, 0.15) is 51.4 Å². The minimum Gasteiger partial charge on any atom is -0.363 e. The molecule has 0 bridgehead atoms. The molecule has 2 saturated heterocycles. The van der Waals surface area contributed by atoms with Gasteiger partial charge >= 0.3 is 0 Å². The normalized spacial score (nSPS) is 36.4. The molecule has 0 aromatic heterocycles. The van der Waals surface area contributed by atoms with Crippen molar-refractivity contribution in [2.24, 2.45) is 0 Å². The van der Waals surface area contributed by atoms with Gasteiger partial charge in [0.1, 0.15) is 6.10 Å². The molecule has 4 rings (SSSR count). The third-order valence-electron chi connectivity index (χ3n) is 5.62. The minimum absolute atomic E-state index is 0.0166. The zero-order chi connectivity index (χ0) is 15.3. The molecule has 0 spiro atoms. The van der Waals surface area contributed by atoms with Crippen LogP contribution in [-0.4, -0.2) is 53.2 Å². The van der Waals surface area contributed by atoms with E-state index in [4.69, 9.17) is 4.74 Å². The van der Waals surface area contributed by atoms with Crippen LogP contribution in [0.5, 0.6) is 0 Å². The predicted octanol–water partition coefficient (Wildman–Crippen LogP) is 1.31. The molecular weight excluding hydrogens is 287 g/mol. The van der Waals surface area contributed by atoms with Crippen molar-refractivity contribution in [3.63, 3.8) is 0 Å². The first-order valence-electron chi connectivity index (χ1n) is 8.53. The second kappa shape index (κ2) is 5.18. The fraction of sp³-hybridized carbons (Fsp3) is 0.875. The molecule has 0 radical (unpaired) electrons. The SMILES string of the molecule is O=C(NC1CCC1)[C@@H]1CC[C@@H]2[C@@H](CCN2C(=O)C2(F)CC2)O1. The molecule has 22 heavy (non-hydrogen) atoms. The second-order valence-electron chi connectivity index (χ2n) is 7.20. The molecule has 2 heterocycles. The number of nitrogens with zero attached hydrogens (tertiary/aromatic N) is 1. The van der Waals surface area contributed by atoms with Crippen molar-refractivity contribution in [3.8, 4) is 0 Å². The molecule has 5 nitrogen and oxygen atoms in total. The molecule has 0 unspecified atom stereocenters. The average molecular weight is 310 g/mol. The number of ether oxygens (including phenoxy) is 1. The lowest BCUT2D eigenvalue weighted by atomic mass is 9.92. The first kappa shape index (κ1) is 14.4. The van der Waals surface area contributed by atoms with Gasteiger partial charge in [0.2, 0.25) is 5.91 Å². The maximum atomic E-state index is 14.0. The molecule has 2 amide bonds. The highest BCUT2D eigenvalue weighted by molar-refractivity contribution is 5.88.